The molecule has 2 N–H and O–H groups in total. The third kappa shape index (κ3) is 5.92. The number of nitrogens with zero attached hydrogens (tertiary/aromatic N) is 3. The molecule has 0 spiro atoms. The molecule has 0 saturated heterocycles. The predicted octanol–water partition coefficient (Wildman–Crippen LogP) is 5.19. The average molecular weight is 498 g/mol. The average Bonchev–Trinajstić information content (AvgIpc) is 3.33. The minimum Gasteiger partial charge on any atom is -0.444 e. The van der Waals surface area contributed by atoms with E-state index in [1.54, 1.807) is 37.4 Å². The molecule has 0 bridgehead atoms. The summed E-state index contributed by atoms with van der Waals surface area (Å²) in [5, 5.41) is 12.4. The third-order valence-corrected chi connectivity index (χ3v) is 5.81. The summed E-state index contributed by atoms with van der Waals surface area (Å²) in [6, 6.07) is 15.9. The summed E-state index contributed by atoms with van der Waals surface area (Å²) < 4.78 is 7.01. The number of nitrogens with one attached hydrogen (secondary N) is 2. The number of anilines is 1. The molecular formula is C24H24ClN5O3S. The normalized spacial score (nSPS) is 12.4. The lowest BCUT2D eigenvalue weighted by Gasteiger charge is -2.23. The molecule has 0 aliphatic heterocycles. The smallest absolute Gasteiger partial charge is 0.408 e. The van der Waals surface area contributed by atoms with Crippen LogP contribution < -0.4 is 10.6 Å². The van der Waals surface area contributed by atoms with Crippen LogP contribution in [0.2, 0.25) is 5.02 Å². The first-order valence-electron chi connectivity index (χ1n) is 10.6. The second-order valence-corrected chi connectivity index (χ2v) is 9.91. The van der Waals surface area contributed by atoms with E-state index in [1.807, 2.05) is 47.8 Å². The highest BCUT2D eigenvalue weighted by Crippen LogP contribution is 2.27. The van der Waals surface area contributed by atoms with Gasteiger partial charge in [0.1, 0.15) is 11.6 Å². The highest BCUT2D eigenvalue weighted by molar-refractivity contribution is 7.15. The highest BCUT2D eigenvalue weighted by Gasteiger charge is 2.26. The number of carbonyl (C=O) groups excluding carboxylic acids is 2. The van der Waals surface area contributed by atoms with E-state index in [4.69, 9.17) is 16.3 Å². The van der Waals surface area contributed by atoms with Crippen molar-refractivity contribution in [2.75, 3.05) is 5.32 Å². The molecule has 0 aliphatic carbocycles. The van der Waals surface area contributed by atoms with E-state index in [9.17, 15) is 9.59 Å². The zero-order valence-electron chi connectivity index (χ0n) is 18.9. The van der Waals surface area contributed by atoms with Crippen LogP contribution in [-0.4, -0.2) is 38.2 Å². The van der Waals surface area contributed by atoms with E-state index in [-0.39, 0.29) is 12.4 Å². The van der Waals surface area contributed by atoms with Gasteiger partial charge in [-0.1, -0.05) is 54.1 Å². The Morgan fingerprint density at radius 1 is 1.12 bits per heavy atom. The SMILES string of the molecule is CC(C)(C)OC(=O)NC(Cc1ccccc1)C(=O)Nc1nc2scc(-c3ccc(Cl)cc3)n2n1. The molecular weight excluding hydrogens is 474 g/mol. The van der Waals surface area contributed by atoms with Crippen molar-refractivity contribution in [1.82, 2.24) is 19.9 Å². The fourth-order valence-corrected chi connectivity index (χ4v) is 4.22. The number of rotatable bonds is 6. The zero-order chi connectivity index (χ0) is 24.3. The first-order chi connectivity index (χ1) is 16.2. The molecule has 2 amide bonds. The maximum absolute atomic E-state index is 13.1. The number of aromatic nitrogens is 3. The van der Waals surface area contributed by atoms with Crippen molar-refractivity contribution in [2.45, 2.75) is 38.8 Å². The number of hydrogen-bond acceptors (Lipinski definition) is 6. The quantitative estimate of drug-likeness (QED) is 0.382. The van der Waals surface area contributed by atoms with Gasteiger partial charge in [0.15, 0.2) is 0 Å². The fraction of sp³-hybridized carbons (Fsp3) is 0.250. The van der Waals surface area contributed by atoms with Gasteiger partial charge in [0.2, 0.25) is 10.9 Å². The van der Waals surface area contributed by atoms with Gasteiger partial charge in [-0.15, -0.1) is 16.4 Å². The summed E-state index contributed by atoms with van der Waals surface area (Å²) in [5.41, 5.74) is 1.96. The molecule has 4 aromatic rings. The minimum absolute atomic E-state index is 0.149. The molecule has 2 heterocycles. The lowest BCUT2D eigenvalue weighted by molar-refractivity contribution is -0.118. The number of fused-ring (bicyclic) bond motifs is 1. The Kier molecular flexibility index (Phi) is 6.85. The molecule has 1 unspecified atom stereocenters. The molecule has 4 rings (SSSR count). The third-order valence-electron chi connectivity index (χ3n) is 4.75. The molecule has 0 fully saturated rings. The molecule has 10 heteroatoms. The van der Waals surface area contributed by atoms with Gasteiger partial charge in [0, 0.05) is 22.4 Å². The molecule has 0 saturated carbocycles. The molecule has 2 aromatic heterocycles. The number of benzene rings is 2. The lowest BCUT2D eigenvalue weighted by atomic mass is 10.1. The first-order valence-corrected chi connectivity index (χ1v) is 11.9. The summed E-state index contributed by atoms with van der Waals surface area (Å²) in [6.07, 6.45) is -0.392. The summed E-state index contributed by atoms with van der Waals surface area (Å²) in [6.45, 7) is 5.29. The van der Waals surface area contributed by atoms with Gasteiger partial charge in [0.05, 0.1) is 5.69 Å². The van der Waals surface area contributed by atoms with Crippen LogP contribution in [0.3, 0.4) is 0 Å². The standard InChI is InChI=1S/C24H24ClN5O3S/c1-24(2,3)33-23(32)26-18(13-15-7-5-4-6-8-15)20(31)27-21-28-22-30(29-21)19(14-34-22)16-9-11-17(25)12-10-16/h4-12,14,18H,13H2,1-3H3,(H,26,32)(H,27,29,31). The van der Waals surface area contributed by atoms with Crippen molar-refractivity contribution in [3.63, 3.8) is 0 Å². The van der Waals surface area contributed by atoms with Gasteiger partial charge < -0.3 is 10.1 Å². The van der Waals surface area contributed by atoms with E-state index >= 15 is 0 Å². The Hall–Kier alpha value is -3.43. The maximum Gasteiger partial charge on any atom is 0.408 e. The Labute approximate surface area is 205 Å². The summed E-state index contributed by atoms with van der Waals surface area (Å²) >= 11 is 7.40. The van der Waals surface area contributed by atoms with Crippen LogP contribution in [0.5, 0.6) is 0 Å². The second-order valence-electron chi connectivity index (χ2n) is 8.64. The van der Waals surface area contributed by atoms with E-state index in [1.165, 1.54) is 11.3 Å². The van der Waals surface area contributed by atoms with Gasteiger partial charge >= 0.3 is 6.09 Å². The molecule has 0 aliphatic rings. The second kappa shape index (κ2) is 9.82. The number of halogens is 1. The monoisotopic (exact) mass is 497 g/mol. The largest absolute Gasteiger partial charge is 0.444 e. The summed E-state index contributed by atoms with van der Waals surface area (Å²) in [7, 11) is 0. The van der Waals surface area contributed by atoms with E-state index in [0.717, 1.165) is 16.8 Å². The van der Waals surface area contributed by atoms with Crippen LogP contribution in [0.15, 0.2) is 60.0 Å². The molecule has 8 nitrogen and oxygen atoms in total. The van der Waals surface area contributed by atoms with Gasteiger partial charge in [-0.2, -0.15) is 4.98 Å². The van der Waals surface area contributed by atoms with Crippen molar-refractivity contribution in [3.05, 3.63) is 70.6 Å². The fourth-order valence-electron chi connectivity index (χ4n) is 3.26. The minimum atomic E-state index is -0.880. The van der Waals surface area contributed by atoms with Crippen molar-refractivity contribution in [2.24, 2.45) is 0 Å². The van der Waals surface area contributed by atoms with E-state index in [0.29, 0.717) is 9.98 Å². The van der Waals surface area contributed by atoms with Crippen molar-refractivity contribution < 1.29 is 14.3 Å². The van der Waals surface area contributed by atoms with Crippen LogP contribution in [-0.2, 0) is 16.0 Å². The number of carbonyl (C=O) groups is 2. The topological polar surface area (TPSA) is 97.6 Å². The van der Waals surface area contributed by atoms with Crippen molar-refractivity contribution in [1.29, 1.82) is 0 Å². The summed E-state index contributed by atoms with van der Waals surface area (Å²) in [4.78, 5) is 30.5. The number of amides is 2. The molecule has 0 radical (unpaired) electrons. The lowest BCUT2D eigenvalue weighted by Crippen LogP contribution is -2.47. The molecule has 34 heavy (non-hydrogen) atoms. The van der Waals surface area contributed by atoms with Crippen molar-refractivity contribution >= 4 is 45.8 Å². The Morgan fingerprint density at radius 2 is 1.82 bits per heavy atom. The maximum atomic E-state index is 13.1. The summed E-state index contributed by atoms with van der Waals surface area (Å²) in [5.74, 6) is -0.294. The van der Waals surface area contributed by atoms with Crippen LogP contribution in [0.25, 0.3) is 16.2 Å². The van der Waals surface area contributed by atoms with E-state index in [2.05, 4.69) is 20.7 Å². The molecule has 176 valence electrons. The van der Waals surface area contributed by atoms with E-state index < -0.39 is 23.6 Å². The Bertz CT molecular complexity index is 1300. The van der Waals surface area contributed by atoms with Gasteiger partial charge in [-0.25, -0.2) is 9.31 Å². The van der Waals surface area contributed by atoms with Gasteiger partial charge in [-0.05, 0) is 38.5 Å². The van der Waals surface area contributed by atoms with Crippen LogP contribution in [0.1, 0.15) is 26.3 Å². The molecule has 2 aromatic carbocycles. The van der Waals surface area contributed by atoms with Crippen LogP contribution >= 0.6 is 22.9 Å². The van der Waals surface area contributed by atoms with Crippen LogP contribution in [0, 0.1) is 0 Å². The van der Waals surface area contributed by atoms with Gasteiger partial charge in [-0.3, -0.25) is 10.1 Å². The Morgan fingerprint density at radius 3 is 2.50 bits per heavy atom. The number of thiazole rings is 1. The van der Waals surface area contributed by atoms with Gasteiger partial charge in [0.25, 0.3) is 5.95 Å². The highest BCUT2D eigenvalue weighted by atomic mass is 35.5. The van der Waals surface area contributed by atoms with Crippen molar-refractivity contribution in [3.8, 4) is 11.3 Å². The predicted molar refractivity (Wildman–Crippen MR) is 133 cm³/mol. The first kappa shape index (κ1) is 23.7. The Balaban J connectivity index is 1.54. The zero-order valence-corrected chi connectivity index (χ0v) is 20.5. The number of ether oxygens (including phenoxy) is 1. The molecule has 1 atom stereocenters. The number of hydrogen-bond donors (Lipinski definition) is 2. The van der Waals surface area contributed by atoms with Crippen LogP contribution in [0.4, 0.5) is 10.7 Å². The number of alkyl carbamates (subject to hydrolysis) is 1.